The third-order valence-corrected chi connectivity index (χ3v) is 4.40. The van der Waals surface area contributed by atoms with Gasteiger partial charge in [0.05, 0.1) is 16.9 Å². The number of carbonyl (C=O) groups is 2. The summed E-state index contributed by atoms with van der Waals surface area (Å²) in [4.78, 5) is 32.7. The lowest BCUT2D eigenvalue weighted by Gasteiger charge is -2.20. The van der Waals surface area contributed by atoms with Crippen LogP contribution in [0.1, 0.15) is 32.8 Å². The number of nitrogens with one attached hydrogen (secondary N) is 2. The van der Waals surface area contributed by atoms with Gasteiger partial charge >= 0.3 is 5.97 Å². The van der Waals surface area contributed by atoms with Gasteiger partial charge in [-0.3, -0.25) is 9.59 Å². The number of amides is 1. The lowest BCUT2D eigenvalue weighted by Crippen LogP contribution is -2.44. The molecule has 0 bridgehead atoms. The quantitative estimate of drug-likeness (QED) is 0.585. The van der Waals surface area contributed by atoms with Gasteiger partial charge in [-0.15, -0.1) is 0 Å². The van der Waals surface area contributed by atoms with E-state index in [4.69, 9.17) is 4.74 Å². The first kappa shape index (κ1) is 23.0. The number of rotatable bonds is 8. The highest BCUT2D eigenvalue weighted by Gasteiger charge is 2.19. The number of aromatic nitrogens is 2. The van der Waals surface area contributed by atoms with Crippen molar-refractivity contribution in [3.63, 3.8) is 0 Å². The largest absolute Gasteiger partial charge is 0.460 e. The minimum atomic E-state index is -0.526. The van der Waals surface area contributed by atoms with E-state index < -0.39 is 11.6 Å². The molecule has 1 atom stereocenters. The van der Waals surface area contributed by atoms with Gasteiger partial charge in [-0.2, -0.15) is 0 Å². The lowest BCUT2D eigenvalue weighted by atomic mass is 10.0. The van der Waals surface area contributed by atoms with Crippen molar-refractivity contribution in [3.05, 3.63) is 46.7 Å². The maximum absolute atomic E-state index is 12.4. The van der Waals surface area contributed by atoms with Crippen LogP contribution in [0, 0.1) is 0 Å². The van der Waals surface area contributed by atoms with Crippen molar-refractivity contribution in [3.8, 4) is 11.4 Å². The number of halogens is 1. The molecular formula is C21H27BrN4O3. The van der Waals surface area contributed by atoms with E-state index in [1.165, 1.54) is 0 Å². The predicted octanol–water partition coefficient (Wildman–Crippen LogP) is 2.88. The van der Waals surface area contributed by atoms with E-state index in [9.17, 15) is 9.59 Å². The molecular weight excluding hydrogens is 436 g/mol. The highest BCUT2D eigenvalue weighted by atomic mass is 79.9. The summed E-state index contributed by atoms with van der Waals surface area (Å²) in [6.45, 7) is 5.68. The second kappa shape index (κ2) is 10.5. The molecule has 29 heavy (non-hydrogen) atoms. The number of benzene rings is 1. The van der Waals surface area contributed by atoms with Crippen molar-refractivity contribution >= 4 is 27.8 Å². The summed E-state index contributed by atoms with van der Waals surface area (Å²) in [5, 5.41) is 5.81. The van der Waals surface area contributed by atoms with Crippen molar-refractivity contribution in [2.24, 2.45) is 0 Å². The van der Waals surface area contributed by atoms with E-state index in [0.717, 1.165) is 15.6 Å². The Balaban J connectivity index is 1.87. The number of carbonyl (C=O) groups excluding carboxylic acids is 2. The number of esters is 1. The average Bonchev–Trinajstić information content (AvgIpc) is 2.65. The number of hydrogen-bond donors (Lipinski definition) is 2. The van der Waals surface area contributed by atoms with E-state index in [1.54, 1.807) is 19.4 Å². The van der Waals surface area contributed by atoms with Gasteiger partial charge in [-0.1, -0.05) is 24.3 Å². The molecule has 1 amide bonds. The Morgan fingerprint density at radius 2 is 1.76 bits per heavy atom. The molecule has 0 fully saturated rings. The maximum atomic E-state index is 12.4. The fraction of sp³-hybridized carbons (Fsp3) is 0.429. The van der Waals surface area contributed by atoms with Crippen molar-refractivity contribution < 1.29 is 14.3 Å². The van der Waals surface area contributed by atoms with Crippen LogP contribution in [0.15, 0.2) is 41.1 Å². The van der Waals surface area contributed by atoms with Crippen LogP contribution < -0.4 is 10.6 Å². The van der Waals surface area contributed by atoms with Crippen LogP contribution in [0.25, 0.3) is 11.4 Å². The summed E-state index contributed by atoms with van der Waals surface area (Å²) in [5.41, 5.74) is 1.39. The highest BCUT2D eigenvalue weighted by Crippen LogP contribution is 2.17. The van der Waals surface area contributed by atoms with Crippen molar-refractivity contribution in [1.82, 2.24) is 20.6 Å². The zero-order valence-electron chi connectivity index (χ0n) is 17.2. The van der Waals surface area contributed by atoms with Gasteiger partial charge in [0.2, 0.25) is 5.91 Å². The number of likely N-dealkylation sites (N-methyl/N-ethyl adjacent to an activating group) is 1. The van der Waals surface area contributed by atoms with Gasteiger partial charge in [0.25, 0.3) is 0 Å². The minimum Gasteiger partial charge on any atom is -0.460 e. The lowest BCUT2D eigenvalue weighted by molar-refractivity contribution is -0.154. The Hall–Kier alpha value is -2.32. The summed E-state index contributed by atoms with van der Waals surface area (Å²) < 4.78 is 6.06. The Morgan fingerprint density at radius 1 is 1.14 bits per heavy atom. The van der Waals surface area contributed by atoms with Gasteiger partial charge in [-0.05, 0) is 55.7 Å². The summed E-state index contributed by atoms with van der Waals surface area (Å²) >= 11 is 3.32. The van der Waals surface area contributed by atoms with Crippen LogP contribution in [-0.2, 0) is 20.7 Å². The molecule has 1 unspecified atom stereocenters. The van der Waals surface area contributed by atoms with Crippen LogP contribution >= 0.6 is 15.9 Å². The maximum Gasteiger partial charge on any atom is 0.308 e. The summed E-state index contributed by atoms with van der Waals surface area (Å²) in [6.07, 6.45) is 4.07. The smallest absolute Gasteiger partial charge is 0.308 e. The normalized spacial score (nSPS) is 12.3. The number of hydrogen-bond acceptors (Lipinski definition) is 6. The molecule has 7 nitrogen and oxygen atoms in total. The molecule has 0 aliphatic rings. The minimum absolute atomic E-state index is 0.140. The van der Waals surface area contributed by atoms with E-state index in [-0.39, 0.29) is 24.8 Å². The Morgan fingerprint density at radius 3 is 2.31 bits per heavy atom. The molecule has 1 aromatic heterocycles. The third kappa shape index (κ3) is 7.91. The Labute approximate surface area is 179 Å². The molecule has 0 radical (unpaired) electrons. The number of ether oxygens (including phenoxy) is 1. The van der Waals surface area contributed by atoms with Crippen molar-refractivity contribution in [2.45, 2.75) is 45.3 Å². The molecule has 0 aliphatic carbocycles. The monoisotopic (exact) mass is 462 g/mol. The molecule has 8 heteroatoms. The second-order valence-corrected chi connectivity index (χ2v) is 8.51. The first-order valence-corrected chi connectivity index (χ1v) is 10.2. The fourth-order valence-corrected chi connectivity index (χ4v) is 2.82. The average molecular weight is 463 g/mol. The van der Waals surface area contributed by atoms with E-state index in [0.29, 0.717) is 12.2 Å². The molecule has 0 aliphatic heterocycles. The topological polar surface area (TPSA) is 93.2 Å². The summed E-state index contributed by atoms with van der Waals surface area (Å²) in [7, 11) is 1.74. The molecule has 2 aromatic rings. The van der Waals surface area contributed by atoms with Crippen LogP contribution in [0.2, 0.25) is 0 Å². The SMILES string of the molecule is CNC(Cc1ccc(-c2ncc(Br)cn2)cc1)C(=O)NCCC(=O)OC(C)(C)C. The third-order valence-electron chi connectivity index (χ3n) is 3.99. The highest BCUT2D eigenvalue weighted by molar-refractivity contribution is 9.10. The predicted molar refractivity (Wildman–Crippen MR) is 115 cm³/mol. The van der Waals surface area contributed by atoms with Gasteiger partial charge < -0.3 is 15.4 Å². The van der Waals surface area contributed by atoms with Crippen molar-refractivity contribution in [1.29, 1.82) is 0 Å². The van der Waals surface area contributed by atoms with E-state index in [1.807, 2.05) is 45.0 Å². The number of nitrogens with zero attached hydrogens (tertiary/aromatic N) is 2. The van der Waals surface area contributed by atoms with Crippen LogP contribution in [0.4, 0.5) is 0 Å². The Bertz CT molecular complexity index is 817. The molecule has 0 spiro atoms. The molecule has 1 heterocycles. The molecule has 1 aromatic carbocycles. The summed E-state index contributed by atoms with van der Waals surface area (Å²) in [5.74, 6) is 0.158. The fourth-order valence-electron chi connectivity index (χ4n) is 2.62. The summed E-state index contributed by atoms with van der Waals surface area (Å²) in [6, 6.07) is 7.39. The molecule has 2 N–H and O–H groups in total. The second-order valence-electron chi connectivity index (χ2n) is 7.59. The first-order valence-electron chi connectivity index (χ1n) is 9.41. The molecule has 0 saturated carbocycles. The van der Waals surface area contributed by atoms with E-state index >= 15 is 0 Å². The zero-order chi connectivity index (χ0) is 21.4. The standard InChI is InChI=1S/C21H27BrN4O3/c1-21(2,3)29-18(27)9-10-24-20(28)17(23-4)11-14-5-7-15(8-6-14)19-25-12-16(22)13-26-19/h5-8,12-13,17,23H,9-11H2,1-4H3,(H,24,28). The van der Waals surface area contributed by atoms with Gasteiger partial charge in [0.15, 0.2) is 5.82 Å². The molecule has 0 saturated heterocycles. The van der Waals surface area contributed by atoms with Crippen LogP contribution in [0.3, 0.4) is 0 Å². The zero-order valence-corrected chi connectivity index (χ0v) is 18.7. The van der Waals surface area contributed by atoms with E-state index in [2.05, 4.69) is 36.5 Å². The molecule has 2 rings (SSSR count). The van der Waals surface area contributed by atoms with Gasteiger partial charge in [0.1, 0.15) is 5.60 Å². The van der Waals surface area contributed by atoms with Gasteiger partial charge in [-0.25, -0.2) is 9.97 Å². The van der Waals surface area contributed by atoms with Gasteiger partial charge in [0, 0.05) is 24.5 Å². The van der Waals surface area contributed by atoms with Crippen molar-refractivity contribution in [2.75, 3.05) is 13.6 Å². The molecule has 156 valence electrons. The van der Waals surface area contributed by atoms with Crippen LogP contribution in [-0.4, -0.2) is 47.1 Å². The Kier molecular flexibility index (Phi) is 8.28. The van der Waals surface area contributed by atoms with Crippen LogP contribution in [0.5, 0.6) is 0 Å². The first-order chi connectivity index (χ1) is 13.7.